The molecule has 6 rings (SSSR count). The van der Waals surface area contributed by atoms with Crippen LogP contribution >= 0.6 is 0 Å². The molecule has 7 heteroatoms. The number of ether oxygens (including phenoxy) is 3. The molecule has 32 heavy (non-hydrogen) atoms. The molecule has 0 bridgehead atoms. The zero-order valence-corrected chi connectivity index (χ0v) is 17.0. The summed E-state index contributed by atoms with van der Waals surface area (Å²) < 4.78 is 47.2. The van der Waals surface area contributed by atoms with E-state index >= 15 is 8.78 Å². The van der Waals surface area contributed by atoms with Crippen molar-refractivity contribution in [2.45, 2.75) is 12.0 Å². The summed E-state index contributed by atoms with van der Waals surface area (Å²) in [6, 6.07) is 9.87. The standard InChI is InChI=1S/C25H18F2N2O3/c26-21-11-23-19(10-18(21)16-2-1-5-28-12-16)25(13-31-14-29-25)20-8-17(9-22(27)24(20)32-23)15-3-6-30-7-4-15/h1-3,5,8-12,14H,4,6-7,13H2/t25-/m0/s1. The molecule has 4 heterocycles. The molecule has 2 aromatic carbocycles. The van der Waals surface area contributed by atoms with Gasteiger partial charge in [-0.1, -0.05) is 12.1 Å². The Kier molecular flexibility index (Phi) is 4.33. The van der Waals surface area contributed by atoms with Crippen LogP contribution < -0.4 is 4.74 Å². The molecule has 1 atom stereocenters. The molecule has 3 aliphatic rings. The highest BCUT2D eigenvalue weighted by molar-refractivity contribution is 5.74. The number of halogens is 2. The van der Waals surface area contributed by atoms with Crippen LogP contribution in [0.1, 0.15) is 23.1 Å². The van der Waals surface area contributed by atoms with Gasteiger partial charge >= 0.3 is 0 Å². The number of aliphatic imine (C=N–C) groups is 1. The first-order chi connectivity index (χ1) is 15.7. The monoisotopic (exact) mass is 432 g/mol. The molecule has 160 valence electrons. The number of pyridine rings is 1. The average Bonchev–Trinajstić information content (AvgIpc) is 3.31. The van der Waals surface area contributed by atoms with Gasteiger partial charge < -0.3 is 14.2 Å². The fourth-order valence-electron chi connectivity index (χ4n) is 4.56. The maximum Gasteiger partial charge on any atom is 0.170 e. The maximum atomic E-state index is 15.3. The molecule has 0 amide bonds. The largest absolute Gasteiger partial charge is 0.480 e. The van der Waals surface area contributed by atoms with E-state index in [1.807, 2.05) is 12.1 Å². The number of hydrogen-bond donors (Lipinski definition) is 0. The molecular weight excluding hydrogens is 414 g/mol. The van der Waals surface area contributed by atoms with Gasteiger partial charge in [-0.3, -0.25) is 4.98 Å². The van der Waals surface area contributed by atoms with Crippen molar-refractivity contribution in [2.24, 2.45) is 4.99 Å². The lowest BCUT2D eigenvalue weighted by Crippen LogP contribution is -2.32. The Hall–Kier alpha value is -3.58. The van der Waals surface area contributed by atoms with Gasteiger partial charge in [-0.25, -0.2) is 13.8 Å². The molecule has 0 saturated carbocycles. The van der Waals surface area contributed by atoms with E-state index in [0.717, 1.165) is 11.1 Å². The first-order valence-corrected chi connectivity index (χ1v) is 10.3. The van der Waals surface area contributed by atoms with Gasteiger partial charge in [0.25, 0.3) is 0 Å². The molecule has 3 aliphatic heterocycles. The topological polar surface area (TPSA) is 52.9 Å². The third kappa shape index (κ3) is 2.85. The second kappa shape index (κ2) is 7.24. The van der Waals surface area contributed by atoms with E-state index in [0.29, 0.717) is 41.9 Å². The number of rotatable bonds is 2. The van der Waals surface area contributed by atoms with Crippen LogP contribution in [0.4, 0.5) is 8.78 Å². The minimum atomic E-state index is -1.03. The Morgan fingerprint density at radius 1 is 1.00 bits per heavy atom. The smallest absolute Gasteiger partial charge is 0.170 e. The van der Waals surface area contributed by atoms with Gasteiger partial charge in [0.2, 0.25) is 0 Å². The third-order valence-electron chi connectivity index (χ3n) is 6.16. The zero-order chi connectivity index (χ0) is 21.7. The SMILES string of the molecule is Fc1cc2c(cc1-c1cccnc1)[C@@]1(COC=N1)c1cc(C3=CCOCC3)cc(F)c1O2. The van der Waals surface area contributed by atoms with Gasteiger partial charge in [0.15, 0.2) is 23.5 Å². The molecule has 0 N–H and O–H groups in total. The second-order valence-corrected chi connectivity index (χ2v) is 7.97. The van der Waals surface area contributed by atoms with Gasteiger partial charge in [-0.2, -0.15) is 0 Å². The predicted octanol–water partition coefficient (Wildman–Crippen LogP) is 5.24. The Labute approximate surface area is 183 Å². The lowest BCUT2D eigenvalue weighted by atomic mass is 9.79. The summed E-state index contributed by atoms with van der Waals surface area (Å²) in [5.74, 6) is -0.733. The lowest BCUT2D eigenvalue weighted by Gasteiger charge is -2.34. The molecule has 0 saturated heterocycles. The van der Waals surface area contributed by atoms with Crippen molar-refractivity contribution in [3.8, 4) is 22.6 Å². The lowest BCUT2D eigenvalue weighted by molar-refractivity contribution is 0.161. The molecule has 5 nitrogen and oxygen atoms in total. The highest BCUT2D eigenvalue weighted by atomic mass is 19.1. The summed E-state index contributed by atoms with van der Waals surface area (Å²) in [6.45, 7) is 1.25. The summed E-state index contributed by atoms with van der Waals surface area (Å²) in [5, 5.41) is 0. The van der Waals surface area contributed by atoms with Crippen molar-refractivity contribution in [3.63, 3.8) is 0 Å². The fraction of sp³-hybridized carbons (Fsp3) is 0.200. The van der Waals surface area contributed by atoms with Crippen LogP contribution in [0.2, 0.25) is 0 Å². The van der Waals surface area contributed by atoms with E-state index < -0.39 is 17.2 Å². The predicted molar refractivity (Wildman–Crippen MR) is 115 cm³/mol. The highest BCUT2D eigenvalue weighted by Crippen LogP contribution is 2.53. The Balaban J connectivity index is 1.57. The number of hydrogen-bond acceptors (Lipinski definition) is 5. The number of benzene rings is 2. The van der Waals surface area contributed by atoms with Crippen LogP contribution in [0, 0.1) is 11.6 Å². The Bertz CT molecular complexity index is 1290. The van der Waals surface area contributed by atoms with Crippen molar-refractivity contribution in [2.75, 3.05) is 19.8 Å². The van der Waals surface area contributed by atoms with Crippen LogP contribution in [-0.2, 0) is 15.0 Å². The number of fused-ring (bicyclic) bond motifs is 4. The van der Waals surface area contributed by atoms with Crippen molar-refractivity contribution < 1.29 is 23.0 Å². The van der Waals surface area contributed by atoms with Gasteiger partial charge in [-0.15, -0.1) is 0 Å². The van der Waals surface area contributed by atoms with Crippen molar-refractivity contribution in [1.82, 2.24) is 4.98 Å². The summed E-state index contributed by atoms with van der Waals surface area (Å²) in [6.07, 6.45) is 7.24. The van der Waals surface area contributed by atoms with Gasteiger partial charge in [0.05, 0.1) is 13.2 Å². The summed E-state index contributed by atoms with van der Waals surface area (Å²) in [5.41, 5.74) is 2.92. The quantitative estimate of drug-likeness (QED) is 0.556. The Morgan fingerprint density at radius 2 is 1.94 bits per heavy atom. The summed E-state index contributed by atoms with van der Waals surface area (Å²) >= 11 is 0. The second-order valence-electron chi connectivity index (χ2n) is 7.97. The van der Waals surface area contributed by atoms with Crippen LogP contribution in [0.25, 0.3) is 16.7 Å². The normalized spacial score (nSPS) is 20.9. The molecule has 0 unspecified atom stereocenters. The first kappa shape index (κ1) is 19.1. The van der Waals surface area contributed by atoms with Crippen LogP contribution in [0.5, 0.6) is 11.5 Å². The maximum absolute atomic E-state index is 15.3. The van der Waals surface area contributed by atoms with Gasteiger partial charge in [-0.05, 0) is 41.8 Å². The molecule has 0 aliphatic carbocycles. The van der Waals surface area contributed by atoms with Crippen molar-refractivity contribution >= 4 is 12.0 Å². The van der Waals surface area contributed by atoms with Crippen molar-refractivity contribution in [1.29, 1.82) is 0 Å². The van der Waals surface area contributed by atoms with E-state index in [1.165, 1.54) is 18.5 Å². The van der Waals surface area contributed by atoms with Gasteiger partial charge in [0, 0.05) is 40.7 Å². The summed E-state index contributed by atoms with van der Waals surface area (Å²) in [7, 11) is 0. The molecule has 0 fully saturated rings. The number of aromatic nitrogens is 1. The average molecular weight is 432 g/mol. The Morgan fingerprint density at radius 3 is 2.69 bits per heavy atom. The van der Waals surface area contributed by atoms with Gasteiger partial charge in [0.1, 0.15) is 18.2 Å². The van der Waals surface area contributed by atoms with E-state index in [1.54, 1.807) is 30.6 Å². The number of nitrogens with zero attached hydrogens (tertiary/aromatic N) is 2. The zero-order valence-electron chi connectivity index (χ0n) is 17.0. The highest BCUT2D eigenvalue weighted by Gasteiger charge is 2.47. The summed E-state index contributed by atoms with van der Waals surface area (Å²) in [4.78, 5) is 8.72. The third-order valence-corrected chi connectivity index (χ3v) is 6.16. The van der Waals surface area contributed by atoms with E-state index in [9.17, 15) is 0 Å². The minimum absolute atomic E-state index is 0.0464. The van der Waals surface area contributed by atoms with Crippen LogP contribution in [-0.4, -0.2) is 31.2 Å². The molecule has 0 radical (unpaired) electrons. The molecule has 3 aromatic rings. The van der Waals surface area contributed by atoms with Crippen LogP contribution in [0.15, 0.2) is 59.9 Å². The molecular formula is C25H18F2N2O3. The fourth-order valence-corrected chi connectivity index (χ4v) is 4.56. The first-order valence-electron chi connectivity index (χ1n) is 10.3. The minimum Gasteiger partial charge on any atom is -0.480 e. The van der Waals surface area contributed by atoms with Crippen LogP contribution in [0.3, 0.4) is 0 Å². The molecule has 1 spiro atoms. The van der Waals surface area contributed by atoms with E-state index in [2.05, 4.69) is 9.98 Å². The van der Waals surface area contributed by atoms with E-state index in [-0.39, 0.29) is 18.1 Å². The van der Waals surface area contributed by atoms with E-state index in [4.69, 9.17) is 14.2 Å². The van der Waals surface area contributed by atoms with Crippen molar-refractivity contribution in [3.05, 3.63) is 83.2 Å². The molecule has 1 aromatic heterocycles.